The SMILES string of the molecule is CC1(C)C=C(O)C=C(F)C1. The van der Waals surface area contributed by atoms with Crippen LogP contribution in [-0.4, -0.2) is 5.11 Å². The van der Waals surface area contributed by atoms with E-state index in [0.717, 1.165) is 6.08 Å². The number of allylic oxidation sites excluding steroid dienone is 3. The van der Waals surface area contributed by atoms with Crippen LogP contribution >= 0.6 is 0 Å². The van der Waals surface area contributed by atoms with E-state index in [9.17, 15) is 4.39 Å². The van der Waals surface area contributed by atoms with E-state index in [4.69, 9.17) is 5.11 Å². The molecule has 0 amide bonds. The van der Waals surface area contributed by atoms with Crippen molar-refractivity contribution in [3.63, 3.8) is 0 Å². The van der Waals surface area contributed by atoms with Gasteiger partial charge in [-0.25, -0.2) is 4.39 Å². The Morgan fingerprint density at radius 1 is 1.60 bits per heavy atom. The van der Waals surface area contributed by atoms with Crippen molar-refractivity contribution in [2.24, 2.45) is 5.41 Å². The van der Waals surface area contributed by atoms with E-state index >= 15 is 0 Å². The van der Waals surface area contributed by atoms with Crippen molar-refractivity contribution in [3.05, 3.63) is 23.7 Å². The third-order valence-electron chi connectivity index (χ3n) is 1.47. The minimum atomic E-state index is -0.245. The van der Waals surface area contributed by atoms with Crippen LogP contribution in [0.1, 0.15) is 20.3 Å². The standard InChI is InChI=1S/C8H11FO/c1-8(2)4-6(9)3-7(10)5-8/h3,5,10H,4H2,1-2H3. The topological polar surface area (TPSA) is 20.2 Å². The molecule has 1 aliphatic rings. The van der Waals surface area contributed by atoms with Gasteiger partial charge in [0.15, 0.2) is 0 Å². The predicted molar refractivity (Wildman–Crippen MR) is 38.3 cm³/mol. The van der Waals surface area contributed by atoms with Gasteiger partial charge in [0.25, 0.3) is 0 Å². The molecule has 1 aliphatic carbocycles. The molecule has 0 spiro atoms. The Balaban J connectivity index is 2.88. The molecule has 2 heteroatoms. The average Bonchev–Trinajstić information content (AvgIpc) is 1.54. The van der Waals surface area contributed by atoms with Crippen molar-refractivity contribution in [1.29, 1.82) is 0 Å². The Morgan fingerprint density at radius 2 is 2.20 bits per heavy atom. The summed E-state index contributed by atoms with van der Waals surface area (Å²) in [6.07, 6.45) is 3.21. The second-order valence-corrected chi connectivity index (χ2v) is 3.33. The third kappa shape index (κ3) is 1.59. The summed E-state index contributed by atoms with van der Waals surface area (Å²) < 4.78 is 12.6. The fraction of sp³-hybridized carbons (Fsp3) is 0.500. The summed E-state index contributed by atoms with van der Waals surface area (Å²) in [5.41, 5.74) is -0.233. The molecule has 0 bridgehead atoms. The van der Waals surface area contributed by atoms with E-state index in [1.165, 1.54) is 0 Å². The zero-order valence-electron chi connectivity index (χ0n) is 6.19. The van der Waals surface area contributed by atoms with Crippen LogP contribution in [-0.2, 0) is 0 Å². The minimum absolute atomic E-state index is 0.0359. The summed E-state index contributed by atoms with van der Waals surface area (Å²) in [5, 5.41) is 8.96. The maximum Gasteiger partial charge on any atom is 0.114 e. The Labute approximate surface area is 59.9 Å². The molecule has 1 N–H and O–H groups in total. The van der Waals surface area contributed by atoms with Crippen molar-refractivity contribution < 1.29 is 9.50 Å². The van der Waals surface area contributed by atoms with Crippen LogP contribution in [0.4, 0.5) is 4.39 Å². The van der Waals surface area contributed by atoms with E-state index in [-0.39, 0.29) is 17.0 Å². The van der Waals surface area contributed by atoms with E-state index in [2.05, 4.69) is 0 Å². The summed E-state index contributed by atoms with van der Waals surface area (Å²) in [5.74, 6) is -0.209. The second kappa shape index (κ2) is 2.11. The molecule has 0 fully saturated rings. The summed E-state index contributed by atoms with van der Waals surface area (Å²) in [6.45, 7) is 3.77. The molecule has 1 nitrogen and oxygen atoms in total. The molecule has 0 saturated heterocycles. The number of hydrogen-bond donors (Lipinski definition) is 1. The summed E-state index contributed by atoms with van der Waals surface area (Å²) in [4.78, 5) is 0. The van der Waals surface area contributed by atoms with Gasteiger partial charge in [0, 0.05) is 12.5 Å². The highest BCUT2D eigenvalue weighted by atomic mass is 19.1. The molecule has 0 saturated carbocycles. The zero-order chi connectivity index (χ0) is 7.78. The first-order valence-electron chi connectivity index (χ1n) is 3.27. The van der Waals surface area contributed by atoms with Gasteiger partial charge < -0.3 is 5.11 Å². The normalized spacial score (nSPS) is 23.5. The Morgan fingerprint density at radius 3 is 2.60 bits per heavy atom. The maximum atomic E-state index is 12.6. The second-order valence-electron chi connectivity index (χ2n) is 3.33. The molecule has 0 aromatic heterocycles. The van der Waals surface area contributed by atoms with Crippen LogP contribution in [0.3, 0.4) is 0 Å². The Hall–Kier alpha value is -0.790. The number of aliphatic hydroxyl groups is 1. The van der Waals surface area contributed by atoms with E-state index in [1.54, 1.807) is 6.08 Å². The maximum absolute atomic E-state index is 12.6. The van der Waals surface area contributed by atoms with Crippen molar-refractivity contribution in [3.8, 4) is 0 Å². The molecule has 1 rings (SSSR count). The largest absolute Gasteiger partial charge is 0.508 e. The molecule has 0 unspecified atom stereocenters. The highest BCUT2D eigenvalue weighted by molar-refractivity contribution is 5.23. The molecular formula is C8H11FO. The number of rotatable bonds is 0. The van der Waals surface area contributed by atoms with Gasteiger partial charge in [-0.2, -0.15) is 0 Å². The lowest BCUT2D eigenvalue weighted by atomic mass is 9.85. The lowest BCUT2D eigenvalue weighted by molar-refractivity contribution is 0.356. The smallest absolute Gasteiger partial charge is 0.114 e. The van der Waals surface area contributed by atoms with Crippen molar-refractivity contribution in [2.45, 2.75) is 20.3 Å². The Kier molecular flexibility index (Phi) is 1.55. The zero-order valence-corrected chi connectivity index (χ0v) is 6.19. The first kappa shape index (κ1) is 7.32. The van der Waals surface area contributed by atoms with Crippen LogP contribution in [0.25, 0.3) is 0 Å². The monoisotopic (exact) mass is 142 g/mol. The van der Waals surface area contributed by atoms with Crippen LogP contribution < -0.4 is 0 Å². The van der Waals surface area contributed by atoms with Crippen LogP contribution in [0.5, 0.6) is 0 Å². The van der Waals surface area contributed by atoms with Crippen molar-refractivity contribution in [1.82, 2.24) is 0 Å². The summed E-state index contributed by atoms with van der Waals surface area (Å²) in [6, 6.07) is 0. The van der Waals surface area contributed by atoms with E-state index in [0.29, 0.717) is 6.42 Å². The van der Waals surface area contributed by atoms with Crippen molar-refractivity contribution >= 4 is 0 Å². The molecule has 10 heavy (non-hydrogen) atoms. The third-order valence-corrected chi connectivity index (χ3v) is 1.47. The fourth-order valence-corrected chi connectivity index (χ4v) is 1.14. The Bertz CT molecular complexity index is 201. The summed E-state index contributed by atoms with van der Waals surface area (Å²) in [7, 11) is 0. The molecule has 0 aromatic carbocycles. The lowest BCUT2D eigenvalue weighted by Crippen LogP contribution is -2.11. The van der Waals surface area contributed by atoms with Gasteiger partial charge in [0.1, 0.15) is 11.6 Å². The minimum Gasteiger partial charge on any atom is -0.508 e. The molecule has 0 aromatic rings. The first-order valence-corrected chi connectivity index (χ1v) is 3.27. The quantitative estimate of drug-likeness (QED) is 0.551. The van der Waals surface area contributed by atoms with Gasteiger partial charge in [-0.1, -0.05) is 13.8 Å². The van der Waals surface area contributed by atoms with Crippen LogP contribution in [0.15, 0.2) is 23.7 Å². The van der Waals surface area contributed by atoms with Gasteiger partial charge in [0.05, 0.1) is 0 Å². The predicted octanol–water partition coefficient (Wildman–Crippen LogP) is 2.71. The molecule has 0 atom stereocenters. The molecular weight excluding hydrogens is 131 g/mol. The lowest BCUT2D eigenvalue weighted by Gasteiger charge is -2.22. The first-order chi connectivity index (χ1) is 4.49. The highest BCUT2D eigenvalue weighted by Crippen LogP contribution is 2.32. The van der Waals surface area contributed by atoms with Gasteiger partial charge in [0.2, 0.25) is 0 Å². The number of aliphatic hydroxyl groups excluding tert-OH is 1. The molecule has 0 heterocycles. The molecule has 0 aliphatic heterocycles. The van der Waals surface area contributed by atoms with E-state index < -0.39 is 0 Å². The van der Waals surface area contributed by atoms with Gasteiger partial charge >= 0.3 is 0 Å². The number of halogens is 1. The van der Waals surface area contributed by atoms with Crippen molar-refractivity contribution in [2.75, 3.05) is 0 Å². The van der Waals surface area contributed by atoms with Crippen LogP contribution in [0, 0.1) is 5.41 Å². The van der Waals surface area contributed by atoms with Gasteiger partial charge in [-0.15, -0.1) is 0 Å². The van der Waals surface area contributed by atoms with Gasteiger partial charge in [-0.05, 0) is 11.5 Å². The molecule has 0 radical (unpaired) electrons. The number of hydrogen-bond acceptors (Lipinski definition) is 1. The highest BCUT2D eigenvalue weighted by Gasteiger charge is 2.21. The van der Waals surface area contributed by atoms with E-state index in [1.807, 2.05) is 13.8 Å². The molecule has 56 valence electrons. The fourth-order valence-electron chi connectivity index (χ4n) is 1.14. The van der Waals surface area contributed by atoms with Crippen LogP contribution in [0.2, 0.25) is 0 Å². The van der Waals surface area contributed by atoms with Gasteiger partial charge in [-0.3, -0.25) is 0 Å². The average molecular weight is 142 g/mol. The summed E-state index contributed by atoms with van der Waals surface area (Å²) >= 11 is 0.